The summed E-state index contributed by atoms with van der Waals surface area (Å²) in [5.74, 6) is -0.513. The van der Waals surface area contributed by atoms with Crippen molar-refractivity contribution >= 4 is 22.5 Å². The van der Waals surface area contributed by atoms with Crippen LogP contribution in [0.15, 0.2) is 36.5 Å². The van der Waals surface area contributed by atoms with Gasteiger partial charge in [0.1, 0.15) is 19.3 Å². The van der Waals surface area contributed by atoms with Gasteiger partial charge >= 0.3 is 0 Å². The van der Waals surface area contributed by atoms with Gasteiger partial charge in [-0.05, 0) is 61.8 Å². The Morgan fingerprint density at radius 2 is 2.05 bits per heavy atom. The lowest BCUT2D eigenvalue weighted by atomic mass is 9.98. The van der Waals surface area contributed by atoms with E-state index in [4.69, 9.17) is 9.47 Å². The largest absolute Gasteiger partial charge is 0.486 e. The Hall–Kier alpha value is -3.37. The van der Waals surface area contributed by atoms with E-state index in [2.05, 4.69) is 38.4 Å². The number of amides is 1. The maximum atomic E-state index is 14.7. The number of hydrogen-bond donors (Lipinski definition) is 2. The molecule has 10 heteroatoms. The number of carbonyl (C=O) groups excluding carboxylic acids is 1. The lowest BCUT2D eigenvalue weighted by molar-refractivity contribution is -0.126. The second-order valence-electron chi connectivity index (χ2n) is 10.2. The molecule has 1 aromatic heterocycles. The van der Waals surface area contributed by atoms with Crippen LogP contribution in [-0.4, -0.2) is 77.7 Å². The lowest BCUT2D eigenvalue weighted by Gasteiger charge is -2.36. The third-order valence-electron chi connectivity index (χ3n) is 7.73. The Morgan fingerprint density at radius 3 is 2.86 bits per heavy atom. The minimum atomic E-state index is -1.08. The summed E-state index contributed by atoms with van der Waals surface area (Å²) < 4.78 is 27.5. The summed E-state index contributed by atoms with van der Waals surface area (Å²) in [5.41, 5.74) is 2.48. The van der Waals surface area contributed by atoms with Crippen molar-refractivity contribution in [3.8, 4) is 11.5 Å². The Morgan fingerprint density at radius 1 is 1.22 bits per heavy atom. The maximum Gasteiger partial charge on any atom is 0.225 e. The average molecular weight is 510 g/mol. The molecule has 2 unspecified atom stereocenters. The average Bonchev–Trinajstić information content (AvgIpc) is 3.52. The molecule has 2 aromatic carbocycles. The summed E-state index contributed by atoms with van der Waals surface area (Å²) in [6.45, 7) is 4.31. The van der Waals surface area contributed by atoms with E-state index in [0.717, 1.165) is 49.1 Å². The summed E-state index contributed by atoms with van der Waals surface area (Å²) in [6.07, 6.45) is 2.57. The van der Waals surface area contributed by atoms with E-state index >= 15 is 0 Å². The minimum absolute atomic E-state index is 0.0703. The van der Waals surface area contributed by atoms with Crippen molar-refractivity contribution < 1.29 is 23.8 Å². The number of aliphatic hydroxyl groups is 1. The standard InChI is InChI=1S/C27H32FN5O4/c1-31-23-13-20(4-3-17(23)14-29-31)33-8-5-18(15-33)27(35)30-22(16-32-6-2-7-32)25(34)19-11-21(28)26-24(12-19)36-9-10-37-26/h3-4,11-14,18,22,25,34H,2,5-10,15-16H2,1H3,(H,30,35)/t18-,22?,25?/m1/s1. The molecule has 0 bridgehead atoms. The Kier molecular flexibility index (Phi) is 6.37. The van der Waals surface area contributed by atoms with Crippen LogP contribution in [0.5, 0.6) is 11.5 Å². The summed E-state index contributed by atoms with van der Waals surface area (Å²) in [7, 11) is 1.92. The molecule has 2 saturated heterocycles. The molecule has 2 fully saturated rings. The quantitative estimate of drug-likeness (QED) is 0.505. The van der Waals surface area contributed by atoms with Crippen molar-refractivity contribution in [2.45, 2.75) is 25.0 Å². The summed E-state index contributed by atoms with van der Waals surface area (Å²) in [6, 6.07) is 8.54. The van der Waals surface area contributed by atoms with Gasteiger partial charge in [0.25, 0.3) is 0 Å². The van der Waals surface area contributed by atoms with Crippen LogP contribution in [0.3, 0.4) is 0 Å². The number of fused-ring (bicyclic) bond motifs is 2. The van der Waals surface area contributed by atoms with Gasteiger partial charge in [-0.3, -0.25) is 9.48 Å². The number of aryl methyl sites for hydroxylation is 1. The molecular weight excluding hydrogens is 477 g/mol. The Bertz CT molecular complexity index is 1310. The second-order valence-corrected chi connectivity index (χ2v) is 10.2. The number of halogens is 1. The van der Waals surface area contributed by atoms with Crippen LogP contribution < -0.4 is 19.7 Å². The molecule has 0 radical (unpaired) electrons. The van der Waals surface area contributed by atoms with Crippen molar-refractivity contribution in [1.82, 2.24) is 20.0 Å². The van der Waals surface area contributed by atoms with Crippen LogP contribution in [-0.2, 0) is 11.8 Å². The number of rotatable bonds is 7. The van der Waals surface area contributed by atoms with Gasteiger partial charge in [0, 0.05) is 37.8 Å². The number of benzene rings is 2. The molecule has 37 heavy (non-hydrogen) atoms. The highest BCUT2D eigenvalue weighted by atomic mass is 19.1. The zero-order valence-corrected chi connectivity index (χ0v) is 20.9. The van der Waals surface area contributed by atoms with Crippen molar-refractivity contribution in [2.24, 2.45) is 13.0 Å². The molecule has 0 aliphatic carbocycles. The molecule has 3 aliphatic rings. The van der Waals surface area contributed by atoms with E-state index in [1.807, 2.05) is 17.9 Å². The summed E-state index contributed by atoms with van der Waals surface area (Å²) >= 11 is 0. The van der Waals surface area contributed by atoms with Crippen LogP contribution in [0.1, 0.15) is 24.5 Å². The normalized spacial score (nSPS) is 21.1. The third kappa shape index (κ3) is 4.71. The zero-order chi connectivity index (χ0) is 25.5. The highest BCUT2D eigenvalue weighted by molar-refractivity contribution is 5.84. The van der Waals surface area contributed by atoms with Crippen LogP contribution in [0.4, 0.5) is 10.1 Å². The molecule has 6 rings (SSSR count). The van der Waals surface area contributed by atoms with Crippen LogP contribution in [0, 0.1) is 11.7 Å². The molecular formula is C27H32FN5O4. The number of nitrogens with one attached hydrogen (secondary N) is 1. The number of aliphatic hydroxyl groups excluding tert-OH is 1. The van der Waals surface area contributed by atoms with Crippen LogP contribution >= 0.6 is 0 Å². The molecule has 2 N–H and O–H groups in total. The monoisotopic (exact) mass is 509 g/mol. The minimum Gasteiger partial charge on any atom is -0.486 e. The fourth-order valence-electron chi connectivity index (χ4n) is 5.44. The first-order valence-corrected chi connectivity index (χ1v) is 12.9. The van der Waals surface area contributed by atoms with Gasteiger partial charge in [0.15, 0.2) is 17.3 Å². The van der Waals surface area contributed by atoms with Crippen LogP contribution in [0.2, 0.25) is 0 Å². The number of likely N-dealkylation sites (tertiary alicyclic amines) is 1. The van der Waals surface area contributed by atoms with E-state index in [0.29, 0.717) is 25.3 Å². The molecule has 3 aliphatic heterocycles. The van der Waals surface area contributed by atoms with Gasteiger partial charge in [0.2, 0.25) is 5.91 Å². The number of anilines is 1. The number of nitrogens with zero attached hydrogens (tertiary/aromatic N) is 4. The molecule has 4 heterocycles. The smallest absolute Gasteiger partial charge is 0.225 e. The number of ether oxygens (including phenoxy) is 2. The summed E-state index contributed by atoms with van der Waals surface area (Å²) in [5, 5.41) is 19.8. The van der Waals surface area contributed by atoms with E-state index in [9.17, 15) is 14.3 Å². The van der Waals surface area contributed by atoms with Gasteiger partial charge < -0.3 is 29.7 Å². The predicted octanol–water partition coefficient (Wildman–Crippen LogP) is 2.23. The summed E-state index contributed by atoms with van der Waals surface area (Å²) in [4.78, 5) is 17.8. The third-order valence-corrected chi connectivity index (χ3v) is 7.73. The molecule has 1 amide bonds. The zero-order valence-electron chi connectivity index (χ0n) is 20.9. The molecule has 0 spiro atoms. The SMILES string of the molecule is Cn1ncc2ccc(N3CC[C@@H](C(=O)NC(CN4CCC4)C(O)c4cc(F)c5c(c4)OCCO5)C3)cc21. The first kappa shape index (κ1) is 24.0. The van der Waals surface area contributed by atoms with Crippen molar-refractivity contribution in [3.63, 3.8) is 0 Å². The molecule has 9 nitrogen and oxygen atoms in total. The predicted molar refractivity (Wildman–Crippen MR) is 136 cm³/mol. The van der Waals surface area contributed by atoms with Gasteiger partial charge in [-0.1, -0.05) is 0 Å². The highest BCUT2D eigenvalue weighted by Crippen LogP contribution is 2.36. The van der Waals surface area contributed by atoms with Crippen molar-refractivity contribution in [3.05, 3.63) is 47.9 Å². The van der Waals surface area contributed by atoms with Gasteiger partial charge in [-0.25, -0.2) is 4.39 Å². The van der Waals surface area contributed by atoms with E-state index in [-0.39, 0.29) is 29.9 Å². The highest BCUT2D eigenvalue weighted by Gasteiger charge is 2.34. The van der Waals surface area contributed by atoms with E-state index in [1.165, 1.54) is 6.07 Å². The van der Waals surface area contributed by atoms with E-state index < -0.39 is 18.0 Å². The van der Waals surface area contributed by atoms with Crippen molar-refractivity contribution in [1.29, 1.82) is 0 Å². The number of aromatic nitrogens is 2. The fraction of sp³-hybridized carbons (Fsp3) is 0.481. The Balaban J connectivity index is 1.16. The molecule has 3 aromatic rings. The topological polar surface area (TPSA) is 92.1 Å². The molecule has 0 saturated carbocycles. The maximum absolute atomic E-state index is 14.7. The molecule has 3 atom stereocenters. The fourth-order valence-corrected chi connectivity index (χ4v) is 5.44. The van der Waals surface area contributed by atoms with Gasteiger partial charge in [-0.15, -0.1) is 0 Å². The van der Waals surface area contributed by atoms with Crippen LogP contribution in [0.25, 0.3) is 10.9 Å². The van der Waals surface area contributed by atoms with Gasteiger partial charge in [-0.2, -0.15) is 5.10 Å². The molecule has 196 valence electrons. The van der Waals surface area contributed by atoms with Gasteiger partial charge in [0.05, 0.1) is 23.7 Å². The lowest BCUT2D eigenvalue weighted by Crippen LogP contribution is -2.52. The number of carbonyl (C=O) groups is 1. The first-order chi connectivity index (χ1) is 18.0. The second kappa shape index (κ2) is 9.83. The number of hydrogen-bond acceptors (Lipinski definition) is 7. The Labute approximate surface area is 214 Å². The van der Waals surface area contributed by atoms with E-state index in [1.54, 1.807) is 6.07 Å². The first-order valence-electron chi connectivity index (χ1n) is 12.9. The van der Waals surface area contributed by atoms with Crippen molar-refractivity contribution in [2.75, 3.05) is 50.8 Å².